The number of anilines is 1. The Morgan fingerprint density at radius 3 is 2.29 bits per heavy atom. The van der Waals surface area contributed by atoms with Crippen LogP contribution in [0.25, 0.3) is 0 Å². The molecule has 3 aromatic carbocycles. The van der Waals surface area contributed by atoms with E-state index in [1.54, 1.807) is 67.8 Å². The van der Waals surface area contributed by atoms with Crippen LogP contribution in [-0.4, -0.2) is 56.2 Å². The van der Waals surface area contributed by atoms with Gasteiger partial charge in [-0.25, -0.2) is 9.18 Å². The second-order valence-corrected chi connectivity index (χ2v) is 8.59. The molecule has 2 N–H and O–H groups in total. The lowest BCUT2D eigenvalue weighted by atomic mass is 10.00. The maximum atomic E-state index is 13.4. The Balaban J connectivity index is 1.51. The van der Waals surface area contributed by atoms with E-state index in [0.29, 0.717) is 34.7 Å². The molecule has 38 heavy (non-hydrogen) atoms. The number of cyclic esters (lactones) is 1. The van der Waals surface area contributed by atoms with Crippen LogP contribution in [0.5, 0.6) is 5.75 Å². The second kappa shape index (κ2) is 12.2. The lowest BCUT2D eigenvalue weighted by Crippen LogP contribution is -2.47. The van der Waals surface area contributed by atoms with Crippen LogP contribution in [-0.2, 0) is 20.8 Å². The maximum Gasteiger partial charge on any atom is 0.411 e. The topological polar surface area (TPSA) is 106 Å². The molecule has 3 amide bonds. The van der Waals surface area contributed by atoms with Crippen molar-refractivity contribution in [2.75, 3.05) is 32.7 Å². The summed E-state index contributed by atoms with van der Waals surface area (Å²) in [6.45, 7) is 0.625. The normalized spacial score (nSPS) is 16.6. The molecular formula is C28H28FN3O6. The van der Waals surface area contributed by atoms with Gasteiger partial charge in [0.2, 0.25) is 5.91 Å². The Hall–Kier alpha value is -4.44. The first-order chi connectivity index (χ1) is 18.4. The summed E-state index contributed by atoms with van der Waals surface area (Å²) in [5.74, 6) is -0.458. The number of benzene rings is 3. The predicted molar refractivity (Wildman–Crippen MR) is 137 cm³/mol. The summed E-state index contributed by atoms with van der Waals surface area (Å²) in [6, 6.07) is 18.2. The van der Waals surface area contributed by atoms with E-state index in [1.807, 2.05) is 0 Å². The molecule has 3 aromatic rings. The largest absolute Gasteiger partial charge is 0.497 e. The number of amides is 3. The van der Waals surface area contributed by atoms with Crippen molar-refractivity contribution in [1.82, 2.24) is 10.2 Å². The van der Waals surface area contributed by atoms with E-state index in [4.69, 9.17) is 14.2 Å². The van der Waals surface area contributed by atoms with Crippen LogP contribution in [0.1, 0.15) is 27.6 Å². The number of methoxy groups -OCH3 is 2. The van der Waals surface area contributed by atoms with E-state index < -0.39 is 30.0 Å². The van der Waals surface area contributed by atoms with Crippen molar-refractivity contribution in [2.24, 2.45) is 0 Å². The highest BCUT2D eigenvalue weighted by Crippen LogP contribution is 2.34. The molecule has 0 spiro atoms. The van der Waals surface area contributed by atoms with Crippen LogP contribution < -0.4 is 15.4 Å². The highest BCUT2D eigenvalue weighted by atomic mass is 19.1. The fourth-order valence-electron chi connectivity index (χ4n) is 4.08. The first-order valence-electron chi connectivity index (χ1n) is 11.9. The van der Waals surface area contributed by atoms with E-state index in [9.17, 15) is 18.8 Å². The van der Waals surface area contributed by atoms with E-state index >= 15 is 0 Å². The fraction of sp³-hybridized carbons (Fsp3) is 0.250. The summed E-state index contributed by atoms with van der Waals surface area (Å²) < 4.78 is 29.1. The molecule has 1 fully saturated rings. The average molecular weight is 522 g/mol. The number of halogens is 1. The predicted octanol–water partition coefficient (Wildman–Crippen LogP) is 3.91. The summed E-state index contributed by atoms with van der Waals surface area (Å²) in [6.07, 6.45) is -1.56. The molecule has 1 heterocycles. The number of carbonyl (C=O) groups excluding carboxylic acids is 3. The standard InChI is InChI=1S/C28H28FN3O6/c1-36-16-15-30-27(34)24-25(38-28(35)32(24)17-18-3-9-21(29)10-4-18)19-5-11-22(12-6-19)31-26(33)20-7-13-23(37-2)14-8-20/h3-14,24-25H,15-17H2,1-2H3,(H,30,34)(H,31,33). The Kier molecular flexibility index (Phi) is 8.55. The third-order valence-corrected chi connectivity index (χ3v) is 6.07. The second-order valence-electron chi connectivity index (χ2n) is 8.59. The molecule has 1 aliphatic rings. The Labute approximate surface area is 219 Å². The van der Waals surface area contributed by atoms with Gasteiger partial charge in [0.1, 0.15) is 11.6 Å². The van der Waals surface area contributed by atoms with E-state index in [-0.39, 0.29) is 19.0 Å². The molecule has 4 rings (SSSR count). The highest BCUT2D eigenvalue weighted by Gasteiger charge is 2.46. The van der Waals surface area contributed by atoms with Gasteiger partial charge in [0.15, 0.2) is 12.1 Å². The van der Waals surface area contributed by atoms with E-state index in [1.165, 1.54) is 24.1 Å². The lowest BCUT2D eigenvalue weighted by molar-refractivity contribution is -0.126. The van der Waals surface area contributed by atoms with Crippen LogP contribution in [0.3, 0.4) is 0 Å². The average Bonchev–Trinajstić information content (AvgIpc) is 3.26. The molecule has 9 nitrogen and oxygen atoms in total. The van der Waals surface area contributed by atoms with Crippen LogP contribution in [0.15, 0.2) is 72.8 Å². The zero-order valence-electron chi connectivity index (χ0n) is 21.0. The molecule has 0 aromatic heterocycles. The number of ether oxygens (including phenoxy) is 3. The number of nitrogens with zero attached hydrogens (tertiary/aromatic N) is 1. The van der Waals surface area contributed by atoms with Gasteiger partial charge >= 0.3 is 6.09 Å². The third kappa shape index (κ3) is 6.27. The van der Waals surface area contributed by atoms with Gasteiger partial charge in [0.25, 0.3) is 5.91 Å². The quantitative estimate of drug-likeness (QED) is 0.392. The summed E-state index contributed by atoms with van der Waals surface area (Å²) in [5.41, 5.74) is 2.22. The summed E-state index contributed by atoms with van der Waals surface area (Å²) in [5, 5.41) is 5.59. The molecule has 1 saturated heterocycles. The van der Waals surface area contributed by atoms with Crippen molar-refractivity contribution in [3.05, 3.63) is 95.3 Å². The molecule has 0 radical (unpaired) electrons. The SMILES string of the molecule is COCCNC(=O)C1C(c2ccc(NC(=O)c3ccc(OC)cc3)cc2)OC(=O)N1Cc1ccc(F)cc1. The van der Waals surface area contributed by atoms with Crippen molar-refractivity contribution in [3.8, 4) is 5.75 Å². The van der Waals surface area contributed by atoms with Gasteiger partial charge in [-0.2, -0.15) is 0 Å². The van der Waals surface area contributed by atoms with Crippen LogP contribution in [0.2, 0.25) is 0 Å². The fourth-order valence-corrected chi connectivity index (χ4v) is 4.08. The van der Waals surface area contributed by atoms with Gasteiger partial charge in [0, 0.05) is 24.9 Å². The number of hydrogen-bond donors (Lipinski definition) is 2. The summed E-state index contributed by atoms with van der Waals surface area (Å²) in [4.78, 5) is 39.9. The van der Waals surface area contributed by atoms with Gasteiger partial charge < -0.3 is 24.8 Å². The van der Waals surface area contributed by atoms with Crippen LogP contribution >= 0.6 is 0 Å². The zero-order valence-corrected chi connectivity index (χ0v) is 21.0. The van der Waals surface area contributed by atoms with Gasteiger partial charge in [-0.3, -0.25) is 14.5 Å². The van der Waals surface area contributed by atoms with Gasteiger partial charge in [0.05, 0.1) is 20.3 Å². The highest BCUT2D eigenvalue weighted by molar-refractivity contribution is 6.04. The molecule has 1 aliphatic heterocycles. The van der Waals surface area contributed by atoms with Crippen molar-refractivity contribution in [2.45, 2.75) is 18.7 Å². The molecule has 198 valence electrons. The van der Waals surface area contributed by atoms with Crippen LogP contribution in [0.4, 0.5) is 14.9 Å². The molecule has 0 aliphatic carbocycles. The van der Waals surface area contributed by atoms with Gasteiger partial charge in [-0.05, 0) is 59.7 Å². The minimum Gasteiger partial charge on any atom is -0.497 e. The van der Waals surface area contributed by atoms with E-state index in [0.717, 1.165) is 0 Å². The van der Waals surface area contributed by atoms with Crippen LogP contribution in [0, 0.1) is 5.82 Å². The number of hydrogen-bond acceptors (Lipinski definition) is 6. The molecule has 2 unspecified atom stereocenters. The van der Waals surface area contributed by atoms with Gasteiger partial charge in [-0.15, -0.1) is 0 Å². The maximum absolute atomic E-state index is 13.4. The zero-order chi connectivity index (χ0) is 27.1. The Morgan fingerprint density at radius 1 is 0.974 bits per heavy atom. The third-order valence-electron chi connectivity index (χ3n) is 6.07. The smallest absolute Gasteiger partial charge is 0.411 e. The minimum absolute atomic E-state index is 0.0635. The molecular weight excluding hydrogens is 493 g/mol. The number of rotatable bonds is 10. The monoisotopic (exact) mass is 521 g/mol. The molecule has 10 heteroatoms. The first-order valence-corrected chi connectivity index (χ1v) is 11.9. The summed E-state index contributed by atoms with van der Waals surface area (Å²) in [7, 11) is 3.07. The first kappa shape index (κ1) is 26.6. The Morgan fingerprint density at radius 2 is 1.66 bits per heavy atom. The van der Waals surface area contributed by atoms with Crippen molar-refractivity contribution >= 4 is 23.6 Å². The number of carbonyl (C=O) groups is 3. The number of nitrogens with one attached hydrogen (secondary N) is 2. The minimum atomic E-state index is -0.968. The van der Waals surface area contributed by atoms with Crippen molar-refractivity contribution < 1.29 is 33.0 Å². The lowest BCUT2D eigenvalue weighted by Gasteiger charge is -2.24. The van der Waals surface area contributed by atoms with E-state index in [2.05, 4.69) is 10.6 Å². The molecule has 2 atom stereocenters. The van der Waals surface area contributed by atoms with Crippen molar-refractivity contribution in [3.63, 3.8) is 0 Å². The Bertz CT molecular complexity index is 1270. The molecule has 0 bridgehead atoms. The van der Waals surface area contributed by atoms with Gasteiger partial charge in [-0.1, -0.05) is 24.3 Å². The van der Waals surface area contributed by atoms with Crippen molar-refractivity contribution in [1.29, 1.82) is 0 Å². The molecule has 0 saturated carbocycles. The summed E-state index contributed by atoms with van der Waals surface area (Å²) >= 11 is 0.